The molecular formula is CH6O3Y. The second-order valence-electron chi connectivity index (χ2n) is 0. The van der Waals surface area contributed by atoms with Gasteiger partial charge in [-0.1, -0.05) is 0 Å². The summed E-state index contributed by atoms with van der Waals surface area (Å²) in [6.45, 7) is 0. The first-order valence-corrected chi connectivity index (χ1v) is 0.647. The zero-order chi connectivity index (χ0) is 4.00. The third-order valence-electron chi connectivity index (χ3n) is 0. The molecule has 0 fully saturated rings. The summed E-state index contributed by atoms with van der Waals surface area (Å²) in [4.78, 5) is 0. The molecule has 0 aromatic carbocycles. The standard InChI is InChI=1S/CH4O.H2O2.Y/c2*1-2;/h2H,1H3;1-2H;. The number of aliphatic hydroxyl groups excluding tert-OH is 1. The van der Waals surface area contributed by atoms with Crippen LogP contribution in [0.3, 0.4) is 0 Å². The van der Waals surface area contributed by atoms with Crippen molar-refractivity contribution < 1.29 is 48.3 Å². The molecule has 31 valence electrons. The average molecular weight is 155 g/mol. The monoisotopic (exact) mass is 155 g/mol. The maximum absolute atomic E-state index is 7.00. The fourth-order valence-electron chi connectivity index (χ4n) is 0. The van der Waals surface area contributed by atoms with Crippen LogP contribution in [0, 0.1) is 0 Å². The molecule has 3 N–H and O–H groups in total. The summed E-state index contributed by atoms with van der Waals surface area (Å²) in [6.07, 6.45) is 0. The van der Waals surface area contributed by atoms with E-state index in [1.807, 2.05) is 0 Å². The van der Waals surface area contributed by atoms with Crippen LogP contribution in [0.15, 0.2) is 0 Å². The summed E-state index contributed by atoms with van der Waals surface area (Å²) in [5.41, 5.74) is 0. The van der Waals surface area contributed by atoms with Gasteiger partial charge < -0.3 is 5.11 Å². The third-order valence-corrected chi connectivity index (χ3v) is 0. The van der Waals surface area contributed by atoms with Crippen molar-refractivity contribution in [1.29, 1.82) is 0 Å². The van der Waals surface area contributed by atoms with Gasteiger partial charge in [0, 0.05) is 39.8 Å². The van der Waals surface area contributed by atoms with Gasteiger partial charge in [-0.25, -0.2) is 0 Å². The van der Waals surface area contributed by atoms with Crippen molar-refractivity contribution in [1.82, 2.24) is 0 Å². The molecule has 1 radical (unpaired) electrons. The van der Waals surface area contributed by atoms with E-state index in [-0.39, 0.29) is 32.7 Å². The van der Waals surface area contributed by atoms with Gasteiger partial charge in [0.15, 0.2) is 0 Å². The second-order valence-corrected chi connectivity index (χ2v) is 0. The smallest absolute Gasteiger partial charge is 0.0319 e. The molecule has 0 aromatic rings. The van der Waals surface area contributed by atoms with E-state index in [4.69, 9.17) is 15.6 Å². The van der Waals surface area contributed by atoms with Crippen molar-refractivity contribution in [3.05, 3.63) is 0 Å². The van der Waals surface area contributed by atoms with Gasteiger partial charge in [0.2, 0.25) is 0 Å². The SMILES string of the molecule is CO.OO.[Y]. The number of hydrogen-bond acceptors (Lipinski definition) is 3. The summed E-state index contributed by atoms with van der Waals surface area (Å²) in [5.74, 6) is 0. The van der Waals surface area contributed by atoms with E-state index in [9.17, 15) is 0 Å². The Morgan fingerprint density at radius 3 is 1.00 bits per heavy atom. The largest absolute Gasteiger partial charge is 0.400 e. The van der Waals surface area contributed by atoms with E-state index < -0.39 is 0 Å². The Morgan fingerprint density at radius 2 is 1.00 bits per heavy atom. The Bertz CT molecular complexity index is 6.85. The fraction of sp³-hybridized carbons (Fsp3) is 1.00. The molecule has 3 nitrogen and oxygen atoms in total. The first-order chi connectivity index (χ1) is 2.00. The Labute approximate surface area is 55.4 Å². The van der Waals surface area contributed by atoms with Gasteiger partial charge >= 0.3 is 0 Å². The Morgan fingerprint density at radius 1 is 1.00 bits per heavy atom. The molecule has 0 atom stereocenters. The van der Waals surface area contributed by atoms with Gasteiger partial charge in [0.05, 0.1) is 0 Å². The van der Waals surface area contributed by atoms with Crippen molar-refractivity contribution in [2.75, 3.05) is 7.11 Å². The minimum Gasteiger partial charge on any atom is -0.400 e. The van der Waals surface area contributed by atoms with Crippen molar-refractivity contribution >= 4 is 0 Å². The maximum Gasteiger partial charge on any atom is 0.0319 e. The Kier molecular flexibility index (Phi) is 273. The van der Waals surface area contributed by atoms with Gasteiger partial charge in [0.1, 0.15) is 0 Å². The van der Waals surface area contributed by atoms with Crippen LogP contribution in [0.4, 0.5) is 0 Å². The van der Waals surface area contributed by atoms with E-state index in [1.54, 1.807) is 0 Å². The Hall–Kier alpha value is 0.984. The zero-order valence-corrected chi connectivity index (χ0v) is 5.76. The molecule has 0 aliphatic heterocycles. The molecule has 0 aromatic heterocycles. The summed E-state index contributed by atoms with van der Waals surface area (Å²) in [7, 11) is 1.00. The predicted molar refractivity (Wildman–Crippen MR) is 13.4 cm³/mol. The summed E-state index contributed by atoms with van der Waals surface area (Å²) in [6, 6.07) is 0. The van der Waals surface area contributed by atoms with E-state index in [0.29, 0.717) is 0 Å². The van der Waals surface area contributed by atoms with Crippen LogP contribution in [0.2, 0.25) is 0 Å². The van der Waals surface area contributed by atoms with Crippen molar-refractivity contribution in [3.8, 4) is 0 Å². The van der Waals surface area contributed by atoms with Crippen LogP contribution in [-0.2, 0) is 32.7 Å². The third kappa shape index (κ3) is 45.8. The zero-order valence-electron chi connectivity index (χ0n) is 2.92. The van der Waals surface area contributed by atoms with E-state index >= 15 is 0 Å². The van der Waals surface area contributed by atoms with Crippen LogP contribution in [0.1, 0.15) is 0 Å². The van der Waals surface area contributed by atoms with E-state index in [1.165, 1.54) is 0 Å². The van der Waals surface area contributed by atoms with Gasteiger partial charge in [-0.05, 0) is 0 Å². The van der Waals surface area contributed by atoms with Crippen molar-refractivity contribution in [2.45, 2.75) is 0 Å². The number of hydrogen-bond donors (Lipinski definition) is 3. The first kappa shape index (κ1) is 16.7. The molecule has 0 saturated carbocycles. The first-order valence-electron chi connectivity index (χ1n) is 0.647. The van der Waals surface area contributed by atoms with Crippen LogP contribution in [0.5, 0.6) is 0 Å². The van der Waals surface area contributed by atoms with Crippen LogP contribution in [-0.4, -0.2) is 22.7 Å². The molecule has 0 rings (SSSR count). The molecule has 0 unspecified atom stereocenters. The molecule has 0 bridgehead atoms. The summed E-state index contributed by atoms with van der Waals surface area (Å²) < 4.78 is 0. The van der Waals surface area contributed by atoms with Gasteiger partial charge in [0.25, 0.3) is 0 Å². The Balaban J connectivity index is -0.0000000133. The molecule has 0 aliphatic rings. The molecule has 0 amide bonds. The normalized spacial score (nSPS) is 2.40. The summed E-state index contributed by atoms with van der Waals surface area (Å²) in [5, 5.41) is 19.0. The fourth-order valence-corrected chi connectivity index (χ4v) is 0. The van der Waals surface area contributed by atoms with E-state index in [2.05, 4.69) is 0 Å². The van der Waals surface area contributed by atoms with Crippen LogP contribution in [0.25, 0.3) is 0 Å². The molecule has 0 aliphatic carbocycles. The van der Waals surface area contributed by atoms with Gasteiger partial charge in [-0.2, -0.15) is 0 Å². The average Bonchev–Trinajstić information content (AvgIpc) is 1.50. The minimum atomic E-state index is 0. The quantitative estimate of drug-likeness (QED) is 0.330. The van der Waals surface area contributed by atoms with Crippen molar-refractivity contribution in [3.63, 3.8) is 0 Å². The molecule has 5 heavy (non-hydrogen) atoms. The number of rotatable bonds is 0. The topological polar surface area (TPSA) is 60.7 Å². The van der Waals surface area contributed by atoms with Crippen LogP contribution >= 0.6 is 0 Å². The van der Waals surface area contributed by atoms with Gasteiger partial charge in [-0.3, -0.25) is 10.5 Å². The van der Waals surface area contributed by atoms with Crippen LogP contribution < -0.4 is 0 Å². The minimum absolute atomic E-state index is 0. The number of aliphatic hydroxyl groups is 1. The van der Waals surface area contributed by atoms with Crippen molar-refractivity contribution in [2.24, 2.45) is 0 Å². The molecule has 0 heterocycles. The van der Waals surface area contributed by atoms with Gasteiger partial charge in [-0.15, -0.1) is 0 Å². The molecular weight excluding hydrogens is 149 g/mol. The molecule has 0 saturated heterocycles. The van der Waals surface area contributed by atoms with E-state index in [0.717, 1.165) is 7.11 Å². The molecule has 0 spiro atoms. The maximum atomic E-state index is 7.00. The second kappa shape index (κ2) is 81.7. The summed E-state index contributed by atoms with van der Waals surface area (Å²) >= 11 is 0. The predicted octanol–water partition coefficient (Wildman–Crippen LogP) is -0.377. The molecule has 4 heteroatoms.